The van der Waals surface area contributed by atoms with Crippen LogP contribution in [0.15, 0.2) is 4.79 Å². The van der Waals surface area contributed by atoms with Gasteiger partial charge in [-0.2, -0.15) is 4.98 Å². The average Bonchev–Trinajstić information content (AvgIpc) is 2.99. The van der Waals surface area contributed by atoms with Crippen LogP contribution < -0.4 is 11.3 Å². The largest absolute Gasteiger partial charge is 0.394 e. The van der Waals surface area contributed by atoms with Gasteiger partial charge in [0.05, 0.1) is 6.61 Å². The normalized spacial score (nSPS) is 27.7. The number of aliphatic hydroxyl groups is 3. The molecule has 0 bridgehead atoms. The lowest BCUT2D eigenvalue weighted by atomic mass is 10.1. The van der Waals surface area contributed by atoms with Gasteiger partial charge in [-0.15, -0.1) is 0 Å². The fourth-order valence-electron chi connectivity index (χ4n) is 2.58. The Morgan fingerprint density at radius 3 is 2.65 bits per heavy atom. The topological polar surface area (TPSA) is 177 Å². The first-order valence-corrected chi connectivity index (χ1v) is 6.76. The molecule has 0 radical (unpaired) electrons. The number of nitrogen functional groups attached to an aromatic ring is 1. The van der Waals surface area contributed by atoms with Crippen LogP contribution in [0.4, 0.5) is 5.95 Å². The summed E-state index contributed by atoms with van der Waals surface area (Å²) in [5.41, 5.74) is 4.64. The monoisotopic (exact) mass is 325 g/mol. The van der Waals surface area contributed by atoms with Crippen LogP contribution in [-0.4, -0.2) is 65.5 Å². The number of Topliss-reactive ketones (excluding diaryl/α,β-unsaturated/α-hetero) is 1. The Kier molecular flexibility index (Phi) is 3.64. The van der Waals surface area contributed by atoms with E-state index in [9.17, 15) is 24.9 Å². The minimum Gasteiger partial charge on any atom is -0.394 e. The van der Waals surface area contributed by atoms with Gasteiger partial charge in [0.2, 0.25) is 5.95 Å². The van der Waals surface area contributed by atoms with E-state index in [2.05, 4.69) is 15.0 Å². The van der Waals surface area contributed by atoms with E-state index in [1.165, 1.54) is 6.92 Å². The Hall–Kier alpha value is -2.34. The maximum atomic E-state index is 11.9. The minimum atomic E-state index is -1.45. The zero-order valence-electron chi connectivity index (χ0n) is 12.0. The first kappa shape index (κ1) is 15.6. The third-order valence-electron chi connectivity index (χ3n) is 3.66. The molecule has 23 heavy (non-hydrogen) atoms. The van der Waals surface area contributed by atoms with E-state index in [4.69, 9.17) is 10.5 Å². The van der Waals surface area contributed by atoms with E-state index in [1.807, 2.05) is 0 Å². The van der Waals surface area contributed by atoms with Crippen LogP contribution in [-0.2, 0) is 4.74 Å². The summed E-state index contributed by atoms with van der Waals surface area (Å²) in [5, 5.41) is 29.2. The Morgan fingerprint density at radius 1 is 1.39 bits per heavy atom. The number of nitrogens with zero attached hydrogens (tertiary/aromatic N) is 3. The molecule has 1 saturated heterocycles. The van der Waals surface area contributed by atoms with E-state index < -0.39 is 42.5 Å². The van der Waals surface area contributed by atoms with Crippen molar-refractivity contribution in [3.63, 3.8) is 0 Å². The number of ketones is 1. The molecule has 1 aliphatic heterocycles. The van der Waals surface area contributed by atoms with Crippen LogP contribution >= 0.6 is 0 Å². The van der Waals surface area contributed by atoms with Gasteiger partial charge in [0, 0.05) is 6.92 Å². The number of fused-ring (bicyclic) bond motifs is 1. The number of aromatic nitrogens is 4. The van der Waals surface area contributed by atoms with Crippen molar-refractivity contribution >= 4 is 22.9 Å². The lowest BCUT2D eigenvalue weighted by Gasteiger charge is -2.18. The molecular weight excluding hydrogens is 310 g/mol. The maximum absolute atomic E-state index is 11.9. The Morgan fingerprint density at radius 2 is 2.09 bits per heavy atom. The number of hydrogen-bond acceptors (Lipinski definition) is 9. The summed E-state index contributed by atoms with van der Waals surface area (Å²) >= 11 is 0. The highest BCUT2D eigenvalue weighted by molar-refractivity contribution is 5.94. The zero-order chi connectivity index (χ0) is 16.9. The maximum Gasteiger partial charge on any atom is 0.280 e. The van der Waals surface area contributed by atoms with E-state index in [0.717, 1.165) is 4.57 Å². The number of nitrogens with two attached hydrogens (primary N) is 1. The molecule has 0 aliphatic carbocycles. The Balaban J connectivity index is 2.25. The van der Waals surface area contributed by atoms with E-state index in [-0.39, 0.29) is 22.9 Å². The number of anilines is 1. The van der Waals surface area contributed by atoms with Gasteiger partial charge in [0.25, 0.3) is 5.56 Å². The summed E-state index contributed by atoms with van der Waals surface area (Å²) < 4.78 is 6.49. The van der Waals surface area contributed by atoms with E-state index >= 15 is 0 Å². The number of aromatic amines is 1. The third kappa shape index (κ3) is 2.30. The van der Waals surface area contributed by atoms with Gasteiger partial charge >= 0.3 is 0 Å². The first-order valence-electron chi connectivity index (χ1n) is 6.76. The molecule has 0 spiro atoms. The fraction of sp³-hybridized carbons (Fsp3) is 0.500. The number of carbonyl (C=O) groups is 1. The molecule has 0 aromatic carbocycles. The van der Waals surface area contributed by atoms with Gasteiger partial charge < -0.3 is 25.8 Å². The number of H-pyrrole nitrogens is 1. The predicted octanol–water partition coefficient (Wildman–Crippen LogP) is -2.48. The summed E-state index contributed by atoms with van der Waals surface area (Å²) in [5.74, 6) is -0.886. The van der Waals surface area contributed by atoms with Crippen molar-refractivity contribution in [3.05, 3.63) is 16.2 Å². The van der Waals surface area contributed by atoms with Crippen LogP contribution in [0.25, 0.3) is 11.2 Å². The van der Waals surface area contributed by atoms with Crippen LogP contribution in [0, 0.1) is 0 Å². The summed E-state index contributed by atoms with van der Waals surface area (Å²) in [6, 6.07) is 0. The van der Waals surface area contributed by atoms with Crippen LogP contribution in [0.5, 0.6) is 0 Å². The summed E-state index contributed by atoms with van der Waals surface area (Å²) in [4.78, 5) is 33.8. The van der Waals surface area contributed by atoms with E-state index in [0.29, 0.717) is 0 Å². The molecule has 2 aromatic rings. The molecule has 3 heterocycles. The molecule has 0 saturated carbocycles. The number of carbonyl (C=O) groups excluding carboxylic acids is 1. The minimum absolute atomic E-state index is 0.0636. The SMILES string of the molecule is CC(=O)c1nc2c(=O)[nH]c(N)nc2n1[C@@H]1O[C@H](CO)[C@@H](O)[C@H]1O. The van der Waals surface area contributed by atoms with Gasteiger partial charge in [-0.05, 0) is 0 Å². The van der Waals surface area contributed by atoms with Crippen molar-refractivity contribution < 1.29 is 24.9 Å². The summed E-state index contributed by atoms with van der Waals surface area (Å²) in [6.07, 6.45) is -5.13. The molecule has 2 aromatic heterocycles. The lowest BCUT2D eigenvalue weighted by molar-refractivity contribution is -0.0517. The first-order chi connectivity index (χ1) is 10.8. The second kappa shape index (κ2) is 5.38. The molecule has 0 unspecified atom stereocenters. The quantitative estimate of drug-likeness (QED) is 0.382. The van der Waals surface area contributed by atoms with Gasteiger partial charge in [-0.3, -0.25) is 19.1 Å². The lowest BCUT2D eigenvalue weighted by Crippen LogP contribution is -2.33. The summed E-state index contributed by atoms with van der Waals surface area (Å²) in [6.45, 7) is 0.684. The highest BCUT2D eigenvalue weighted by Crippen LogP contribution is 2.32. The van der Waals surface area contributed by atoms with Crippen molar-refractivity contribution in [3.8, 4) is 0 Å². The number of hydrogen-bond donors (Lipinski definition) is 5. The van der Waals surface area contributed by atoms with Crippen LogP contribution in [0.2, 0.25) is 0 Å². The highest BCUT2D eigenvalue weighted by Gasteiger charge is 2.45. The molecule has 3 rings (SSSR count). The van der Waals surface area contributed by atoms with Crippen molar-refractivity contribution in [1.29, 1.82) is 0 Å². The van der Waals surface area contributed by atoms with Crippen molar-refractivity contribution in [2.45, 2.75) is 31.5 Å². The van der Waals surface area contributed by atoms with E-state index in [1.54, 1.807) is 0 Å². The number of nitrogens with one attached hydrogen (secondary N) is 1. The molecular formula is C12H15N5O6. The molecule has 1 aliphatic rings. The number of ether oxygens (including phenoxy) is 1. The predicted molar refractivity (Wildman–Crippen MR) is 75.6 cm³/mol. The molecule has 6 N–H and O–H groups in total. The third-order valence-corrected chi connectivity index (χ3v) is 3.66. The highest BCUT2D eigenvalue weighted by atomic mass is 16.6. The van der Waals surface area contributed by atoms with Gasteiger partial charge in [-0.1, -0.05) is 0 Å². The molecule has 11 nitrogen and oxygen atoms in total. The second-order valence-electron chi connectivity index (χ2n) is 5.21. The van der Waals surface area contributed by atoms with Gasteiger partial charge in [0.1, 0.15) is 18.3 Å². The number of rotatable bonds is 3. The fourth-order valence-corrected chi connectivity index (χ4v) is 2.58. The average molecular weight is 325 g/mol. The Bertz CT molecular complexity index is 829. The number of aliphatic hydroxyl groups excluding tert-OH is 3. The van der Waals surface area contributed by atoms with Crippen LogP contribution in [0.1, 0.15) is 23.8 Å². The zero-order valence-corrected chi connectivity index (χ0v) is 12.0. The molecule has 124 valence electrons. The second-order valence-corrected chi connectivity index (χ2v) is 5.21. The van der Waals surface area contributed by atoms with Gasteiger partial charge in [-0.25, -0.2) is 4.98 Å². The smallest absolute Gasteiger partial charge is 0.280 e. The Labute approximate surface area is 128 Å². The van der Waals surface area contributed by atoms with Crippen molar-refractivity contribution in [2.24, 2.45) is 0 Å². The number of imidazole rings is 1. The standard InChI is InChI=1S/C12H15N5O6/c1-3(19)8-14-5-9(15-12(13)16-10(5)22)17(8)11-7(21)6(20)4(2-18)23-11/h4,6-7,11,18,20-21H,2H2,1H3,(H3,13,15,16,22)/t4-,6-,7-,11-/m1/s1. The molecule has 4 atom stereocenters. The van der Waals surface area contributed by atoms with Crippen molar-refractivity contribution in [1.82, 2.24) is 19.5 Å². The van der Waals surface area contributed by atoms with Crippen LogP contribution in [0.3, 0.4) is 0 Å². The molecule has 11 heteroatoms. The molecule has 1 fully saturated rings. The van der Waals surface area contributed by atoms with Gasteiger partial charge in [0.15, 0.2) is 29.0 Å². The molecule has 0 amide bonds. The summed E-state index contributed by atoms with van der Waals surface area (Å²) in [7, 11) is 0. The van der Waals surface area contributed by atoms with Crippen molar-refractivity contribution in [2.75, 3.05) is 12.3 Å².